The molecule has 0 radical (unpaired) electrons. The fourth-order valence-electron chi connectivity index (χ4n) is 2.59. The highest BCUT2D eigenvalue weighted by Gasteiger charge is 1.95. The molecule has 0 saturated carbocycles. The van der Waals surface area contributed by atoms with Gasteiger partial charge in [0.05, 0.1) is 0 Å². The van der Waals surface area contributed by atoms with Gasteiger partial charge in [-0.1, -0.05) is 84.9 Å². The predicted molar refractivity (Wildman–Crippen MR) is 110 cm³/mol. The number of phenolic OH excluding ortho intramolecular Hbond substituents is 1. The van der Waals surface area contributed by atoms with E-state index in [1.54, 1.807) is 12.1 Å². The van der Waals surface area contributed by atoms with E-state index in [-0.39, 0.29) is 0 Å². The molecule has 0 spiro atoms. The maximum absolute atomic E-state index is 9.10. The Bertz CT molecular complexity index is 834. The molecule has 0 saturated heterocycles. The van der Waals surface area contributed by atoms with Gasteiger partial charge in [0.1, 0.15) is 5.75 Å². The Morgan fingerprint density at radius 1 is 0.423 bits per heavy atom. The van der Waals surface area contributed by atoms with Crippen molar-refractivity contribution in [3.63, 3.8) is 0 Å². The SMILES string of the molecule is Nc1ccc(-c2ccccc2)cc1.Oc1ccc(-c2ccccc2)cc1. The van der Waals surface area contributed by atoms with Gasteiger partial charge in [0, 0.05) is 5.69 Å². The van der Waals surface area contributed by atoms with E-state index in [1.165, 1.54) is 16.7 Å². The van der Waals surface area contributed by atoms with Gasteiger partial charge < -0.3 is 10.8 Å². The summed E-state index contributed by atoms with van der Waals surface area (Å²) in [5.41, 5.74) is 11.1. The average Bonchev–Trinajstić information content (AvgIpc) is 2.71. The molecule has 0 aromatic heterocycles. The lowest BCUT2D eigenvalue weighted by atomic mass is 10.1. The third-order valence-electron chi connectivity index (χ3n) is 3.99. The number of hydrogen-bond donors (Lipinski definition) is 2. The Kier molecular flexibility index (Phi) is 5.69. The van der Waals surface area contributed by atoms with Gasteiger partial charge in [0.15, 0.2) is 0 Å². The largest absolute Gasteiger partial charge is 0.508 e. The van der Waals surface area contributed by atoms with E-state index in [9.17, 15) is 0 Å². The molecule has 0 aliphatic heterocycles. The van der Waals surface area contributed by atoms with Crippen LogP contribution in [-0.4, -0.2) is 5.11 Å². The summed E-state index contributed by atoms with van der Waals surface area (Å²) in [5.74, 6) is 0.305. The van der Waals surface area contributed by atoms with Crippen molar-refractivity contribution >= 4 is 5.69 Å². The maximum atomic E-state index is 9.10. The van der Waals surface area contributed by atoms with Crippen LogP contribution in [0.1, 0.15) is 0 Å². The lowest BCUT2D eigenvalue weighted by Crippen LogP contribution is -1.83. The fraction of sp³-hybridized carbons (Fsp3) is 0. The standard InChI is InChI=1S/C12H11N.C12H10O/c2*13-12-8-6-11(7-9-12)10-4-2-1-3-5-10/h1-9H,13H2;1-9,13H. The first-order valence-corrected chi connectivity index (χ1v) is 8.48. The lowest BCUT2D eigenvalue weighted by Gasteiger charge is -2.00. The Balaban J connectivity index is 0.000000151. The predicted octanol–water partition coefficient (Wildman–Crippen LogP) is 6.00. The van der Waals surface area contributed by atoms with Crippen molar-refractivity contribution in [3.8, 4) is 28.0 Å². The van der Waals surface area contributed by atoms with E-state index >= 15 is 0 Å². The van der Waals surface area contributed by atoms with Crippen molar-refractivity contribution in [2.45, 2.75) is 0 Å². The smallest absolute Gasteiger partial charge is 0.115 e. The minimum atomic E-state index is 0.305. The van der Waals surface area contributed by atoms with Crippen LogP contribution in [0.4, 0.5) is 5.69 Å². The zero-order valence-corrected chi connectivity index (χ0v) is 14.4. The Labute approximate surface area is 154 Å². The van der Waals surface area contributed by atoms with Gasteiger partial charge >= 0.3 is 0 Å². The first kappa shape index (κ1) is 17.3. The van der Waals surface area contributed by atoms with Crippen molar-refractivity contribution in [2.75, 3.05) is 5.73 Å². The molecule has 4 aromatic rings. The second-order valence-electron chi connectivity index (χ2n) is 5.90. The van der Waals surface area contributed by atoms with Crippen LogP contribution < -0.4 is 5.73 Å². The van der Waals surface area contributed by atoms with E-state index in [2.05, 4.69) is 12.1 Å². The number of benzene rings is 4. The van der Waals surface area contributed by atoms with E-state index in [1.807, 2.05) is 84.9 Å². The number of phenols is 1. The molecule has 2 nitrogen and oxygen atoms in total. The molecule has 128 valence electrons. The quantitative estimate of drug-likeness (QED) is 0.440. The summed E-state index contributed by atoms with van der Waals surface area (Å²) in [5, 5.41) is 9.10. The highest BCUT2D eigenvalue weighted by atomic mass is 16.3. The Morgan fingerprint density at radius 3 is 1.19 bits per heavy atom. The van der Waals surface area contributed by atoms with Crippen molar-refractivity contribution in [1.82, 2.24) is 0 Å². The van der Waals surface area contributed by atoms with Crippen molar-refractivity contribution < 1.29 is 5.11 Å². The highest BCUT2D eigenvalue weighted by Crippen LogP contribution is 2.21. The molecule has 3 N–H and O–H groups in total. The molecule has 0 atom stereocenters. The summed E-state index contributed by atoms with van der Waals surface area (Å²) in [6.07, 6.45) is 0. The van der Waals surface area contributed by atoms with Crippen LogP contribution in [0.3, 0.4) is 0 Å². The number of rotatable bonds is 2. The normalized spacial score (nSPS) is 9.85. The second-order valence-corrected chi connectivity index (χ2v) is 5.90. The number of nitrogen functional groups attached to an aromatic ring is 1. The number of nitrogens with two attached hydrogens (primary N) is 1. The van der Waals surface area contributed by atoms with E-state index in [4.69, 9.17) is 10.8 Å². The summed E-state index contributed by atoms with van der Waals surface area (Å²) in [6.45, 7) is 0. The highest BCUT2D eigenvalue weighted by molar-refractivity contribution is 5.65. The fourth-order valence-corrected chi connectivity index (χ4v) is 2.59. The van der Waals surface area contributed by atoms with Crippen LogP contribution in [0.15, 0.2) is 109 Å². The summed E-state index contributed by atoms with van der Waals surface area (Å²) in [6, 6.07) is 35.5. The maximum Gasteiger partial charge on any atom is 0.115 e. The summed E-state index contributed by atoms with van der Waals surface area (Å²) >= 11 is 0. The number of hydrogen-bond acceptors (Lipinski definition) is 2. The van der Waals surface area contributed by atoms with Crippen LogP contribution in [0.2, 0.25) is 0 Å². The first-order chi connectivity index (χ1) is 12.7. The Morgan fingerprint density at radius 2 is 0.769 bits per heavy atom. The van der Waals surface area contributed by atoms with E-state index in [0.717, 1.165) is 11.3 Å². The molecule has 2 heteroatoms. The van der Waals surface area contributed by atoms with Gasteiger partial charge in [0.25, 0.3) is 0 Å². The van der Waals surface area contributed by atoms with Crippen LogP contribution >= 0.6 is 0 Å². The van der Waals surface area contributed by atoms with Crippen LogP contribution in [0.5, 0.6) is 5.75 Å². The third kappa shape index (κ3) is 4.74. The zero-order chi connectivity index (χ0) is 18.2. The molecule has 0 bridgehead atoms. The van der Waals surface area contributed by atoms with Gasteiger partial charge in [-0.2, -0.15) is 0 Å². The summed E-state index contributed by atoms with van der Waals surface area (Å²) in [7, 11) is 0. The molecule has 0 heterocycles. The van der Waals surface area contributed by atoms with Gasteiger partial charge in [-0.05, 0) is 46.5 Å². The average molecular weight is 339 g/mol. The third-order valence-corrected chi connectivity index (χ3v) is 3.99. The zero-order valence-electron chi connectivity index (χ0n) is 14.4. The first-order valence-electron chi connectivity index (χ1n) is 8.48. The molecular formula is C24H21NO. The van der Waals surface area contributed by atoms with Crippen molar-refractivity contribution in [1.29, 1.82) is 0 Å². The van der Waals surface area contributed by atoms with Gasteiger partial charge in [-0.3, -0.25) is 0 Å². The molecule has 0 fully saturated rings. The molecule has 0 aliphatic rings. The van der Waals surface area contributed by atoms with Gasteiger partial charge in [-0.15, -0.1) is 0 Å². The molecule has 0 amide bonds. The lowest BCUT2D eigenvalue weighted by molar-refractivity contribution is 0.475. The topological polar surface area (TPSA) is 46.2 Å². The number of aromatic hydroxyl groups is 1. The van der Waals surface area contributed by atoms with Crippen LogP contribution in [0, 0.1) is 0 Å². The van der Waals surface area contributed by atoms with E-state index in [0.29, 0.717) is 5.75 Å². The van der Waals surface area contributed by atoms with Crippen molar-refractivity contribution in [2.24, 2.45) is 0 Å². The molecule has 0 aliphatic carbocycles. The monoisotopic (exact) mass is 339 g/mol. The molecule has 4 rings (SSSR count). The molecule has 26 heavy (non-hydrogen) atoms. The summed E-state index contributed by atoms with van der Waals surface area (Å²) < 4.78 is 0. The molecular weight excluding hydrogens is 318 g/mol. The van der Waals surface area contributed by atoms with Crippen molar-refractivity contribution in [3.05, 3.63) is 109 Å². The second kappa shape index (κ2) is 8.54. The molecule has 4 aromatic carbocycles. The summed E-state index contributed by atoms with van der Waals surface area (Å²) in [4.78, 5) is 0. The molecule has 0 unspecified atom stereocenters. The number of anilines is 1. The van der Waals surface area contributed by atoms with E-state index < -0.39 is 0 Å². The van der Waals surface area contributed by atoms with Gasteiger partial charge in [-0.25, -0.2) is 0 Å². The van der Waals surface area contributed by atoms with Crippen LogP contribution in [-0.2, 0) is 0 Å². The van der Waals surface area contributed by atoms with Gasteiger partial charge in [0.2, 0.25) is 0 Å². The Hall–Kier alpha value is -3.52. The minimum absolute atomic E-state index is 0.305. The minimum Gasteiger partial charge on any atom is -0.508 e. The van der Waals surface area contributed by atoms with Crippen LogP contribution in [0.25, 0.3) is 22.3 Å².